The van der Waals surface area contributed by atoms with Gasteiger partial charge in [0.05, 0.1) is 6.04 Å². The Labute approximate surface area is 121 Å². The molecular formula is C16H27N3O. The van der Waals surface area contributed by atoms with Crippen molar-refractivity contribution in [3.63, 3.8) is 0 Å². The lowest BCUT2D eigenvalue weighted by atomic mass is 9.77. The van der Waals surface area contributed by atoms with Gasteiger partial charge >= 0.3 is 0 Å². The number of rotatable bonds is 3. The lowest BCUT2D eigenvalue weighted by Crippen LogP contribution is -2.27. The van der Waals surface area contributed by atoms with Crippen LogP contribution in [-0.2, 0) is 0 Å². The number of hydrogen-bond donors (Lipinski definition) is 1. The Morgan fingerprint density at radius 1 is 1.10 bits per heavy atom. The van der Waals surface area contributed by atoms with Crippen LogP contribution in [0.3, 0.4) is 0 Å². The molecule has 0 spiro atoms. The zero-order chi connectivity index (χ0) is 13.9. The van der Waals surface area contributed by atoms with Gasteiger partial charge in [0.2, 0.25) is 5.89 Å². The van der Waals surface area contributed by atoms with E-state index in [0.29, 0.717) is 5.92 Å². The van der Waals surface area contributed by atoms with Crippen LogP contribution in [0.4, 0.5) is 0 Å². The highest BCUT2D eigenvalue weighted by molar-refractivity contribution is 5.01. The van der Waals surface area contributed by atoms with E-state index in [9.17, 15) is 0 Å². The van der Waals surface area contributed by atoms with Gasteiger partial charge in [-0.25, -0.2) is 0 Å². The lowest BCUT2D eigenvalue weighted by Gasteiger charge is -2.29. The third-order valence-electron chi connectivity index (χ3n) is 5.15. The van der Waals surface area contributed by atoms with Crippen molar-refractivity contribution in [2.45, 2.75) is 70.8 Å². The molecule has 1 aromatic heterocycles. The van der Waals surface area contributed by atoms with Crippen molar-refractivity contribution in [2.24, 2.45) is 11.8 Å². The first-order valence-electron chi connectivity index (χ1n) is 8.31. The molecule has 2 fully saturated rings. The van der Waals surface area contributed by atoms with Crippen molar-refractivity contribution >= 4 is 0 Å². The normalized spacial score (nSPS) is 31.6. The van der Waals surface area contributed by atoms with Crippen LogP contribution >= 0.6 is 0 Å². The van der Waals surface area contributed by atoms with Crippen molar-refractivity contribution in [1.29, 1.82) is 0 Å². The van der Waals surface area contributed by atoms with Crippen molar-refractivity contribution in [3.8, 4) is 0 Å². The highest BCUT2D eigenvalue weighted by atomic mass is 16.5. The fraction of sp³-hybridized carbons (Fsp3) is 0.875. The van der Waals surface area contributed by atoms with E-state index < -0.39 is 0 Å². The first-order chi connectivity index (χ1) is 9.74. The summed E-state index contributed by atoms with van der Waals surface area (Å²) < 4.78 is 5.51. The number of piperidine rings is 1. The van der Waals surface area contributed by atoms with E-state index in [2.05, 4.69) is 29.3 Å². The third kappa shape index (κ3) is 3.05. The first kappa shape index (κ1) is 14.1. The molecule has 0 aromatic carbocycles. The average Bonchev–Trinajstić information content (AvgIpc) is 2.98. The lowest BCUT2D eigenvalue weighted by molar-refractivity contribution is 0.250. The molecular weight excluding hydrogens is 250 g/mol. The smallest absolute Gasteiger partial charge is 0.243 e. The van der Waals surface area contributed by atoms with Crippen LogP contribution < -0.4 is 5.32 Å². The maximum absolute atomic E-state index is 5.51. The number of nitrogens with one attached hydrogen (secondary N) is 1. The van der Waals surface area contributed by atoms with Crippen LogP contribution in [0.25, 0.3) is 0 Å². The summed E-state index contributed by atoms with van der Waals surface area (Å²) in [6, 6.07) is 0.289. The summed E-state index contributed by atoms with van der Waals surface area (Å²) >= 11 is 0. The summed E-state index contributed by atoms with van der Waals surface area (Å²) in [5.41, 5.74) is 0. The molecule has 1 aromatic rings. The minimum Gasteiger partial charge on any atom is -0.338 e. The van der Waals surface area contributed by atoms with Crippen molar-refractivity contribution in [3.05, 3.63) is 11.7 Å². The monoisotopic (exact) mass is 277 g/mol. The second kappa shape index (κ2) is 6.25. The van der Waals surface area contributed by atoms with E-state index in [-0.39, 0.29) is 6.04 Å². The van der Waals surface area contributed by atoms with Crippen LogP contribution in [0.1, 0.15) is 82.5 Å². The van der Waals surface area contributed by atoms with Crippen LogP contribution in [0.15, 0.2) is 4.52 Å². The fourth-order valence-electron chi connectivity index (χ4n) is 3.66. The summed E-state index contributed by atoms with van der Waals surface area (Å²) in [4.78, 5) is 4.69. The van der Waals surface area contributed by atoms with Gasteiger partial charge < -0.3 is 9.84 Å². The van der Waals surface area contributed by atoms with Crippen molar-refractivity contribution in [1.82, 2.24) is 15.5 Å². The van der Waals surface area contributed by atoms with Crippen LogP contribution in [0.2, 0.25) is 0 Å². The van der Waals surface area contributed by atoms with E-state index >= 15 is 0 Å². The predicted octanol–water partition coefficient (Wildman–Crippen LogP) is 3.81. The Morgan fingerprint density at radius 3 is 2.55 bits per heavy atom. The molecule has 1 saturated carbocycles. The minimum atomic E-state index is 0.289. The van der Waals surface area contributed by atoms with E-state index in [4.69, 9.17) is 4.52 Å². The maximum Gasteiger partial charge on any atom is 0.243 e. The van der Waals surface area contributed by atoms with Gasteiger partial charge in [-0.15, -0.1) is 0 Å². The first-order valence-corrected chi connectivity index (χ1v) is 8.31. The van der Waals surface area contributed by atoms with E-state index in [1.807, 2.05) is 0 Å². The van der Waals surface area contributed by atoms with Crippen LogP contribution in [-0.4, -0.2) is 16.7 Å². The minimum absolute atomic E-state index is 0.289. The zero-order valence-electron chi connectivity index (χ0n) is 12.8. The Kier molecular flexibility index (Phi) is 4.39. The SMILES string of the molecule is CC(C)C1CCC(c2noc([C@H]3CCCCN3)n2)CC1. The van der Waals surface area contributed by atoms with Gasteiger partial charge in [-0.2, -0.15) is 4.98 Å². The molecule has 2 heterocycles. The highest BCUT2D eigenvalue weighted by Crippen LogP contribution is 2.38. The van der Waals surface area contributed by atoms with Gasteiger partial charge in [-0.05, 0) is 56.9 Å². The summed E-state index contributed by atoms with van der Waals surface area (Å²) in [6.07, 6.45) is 8.72. The topological polar surface area (TPSA) is 51.0 Å². The Balaban J connectivity index is 1.60. The van der Waals surface area contributed by atoms with Gasteiger partial charge in [-0.1, -0.05) is 25.4 Å². The molecule has 0 bridgehead atoms. The zero-order valence-corrected chi connectivity index (χ0v) is 12.8. The fourth-order valence-corrected chi connectivity index (χ4v) is 3.66. The Bertz CT molecular complexity index is 415. The van der Waals surface area contributed by atoms with Gasteiger partial charge in [0.25, 0.3) is 0 Å². The van der Waals surface area contributed by atoms with Crippen LogP contribution in [0, 0.1) is 11.8 Å². The molecule has 1 aliphatic carbocycles. The molecule has 3 rings (SSSR count). The van der Waals surface area contributed by atoms with Crippen LogP contribution in [0.5, 0.6) is 0 Å². The second-order valence-corrected chi connectivity index (χ2v) is 6.85. The highest BCUT2D eigenvalue weighted by Gasteiger charge is 2.28. The molecule has 1 aliphatic heterocycles. The summed E-state index contributed by atoms with van der Waals surface area (Å²) in [6.45, 7) is 5.75. The largest absolute Gasteiger partial charge is 0.338 e. The second-order valence-electron chi connectivity index (χ2n) is 6.85. The molecule has 4 nitrogen and oxygen atoms in total. The molecule has 1 N–H and O–H groups in total. The van der Waals surface area contributed by atoms with Crippen molar-refractivity contribution < 1.29 is 4.52 Å². The molecule has 1 atom stereocenters. The predicted molar refractivity (Wildman–Crippen MR) is 78.4 cm³/mol. The molecule has 1 saturated heterocycles. The molecule has 20 heavy (non-hydrogen) atoms. The Hall–Kier alpha value is -0.900. The molecule has 2 aliphatic rings. The van der Waals surface area contributed by atoms with Gasteiger partial charge in [-0.3, -0.25) is 0 Å². The standard InChI is InChI=1S/C16H27N3O/c1-11(2)12-6-8-13(9-7-12)15-18-16(20-19-15)14-5-3-4-10-17-14/h11-14,17H,3-10H2,1-2H3/t12?,13?,14-/m1/s1. The average molecular weight is 277 g/mol. The van der Waals surface area contributed by atoms with Crippen molar-refractivity contribution in [2.75, 3.05) is 6.54 Å². The van der Waals surface area contributed by atoms with E-state index in [1.165, 1.54) is 38.5 Å². The number of nitrogens with zero attached hydrogens (tertiary/aromatic N) is 2. The maximum atomic E-state index is 5.51. The summed E-state index contributed by atoms with van der Waals surface area (Å²) in [5, 5.41) is 7.74. The Morgan fingerprint density at radius 2 is 1.90 bits per heavy atom. The van der Waals surface area contributed by atoms with E-state index in [1.54, 1.807) is 0 Å². The van der Waals surface area contributed by atoms with Gasteiger partial charge in [0, 0.05) is 5.92 Å². The van der Waals surface area contributed by atoms with Gasteiger partial charge in [0.1, 0.15) is 0 Å². The van der Waals surface area contributed by atoms with Gasteiger partial charge in [0.15, 0.2) is 5.82 Å². The number of hydrogen-bond acceptors (Lipinski definition) is 4. The molecule has 0 radical (unpaired) electrons. The van der Waals surface area contributed by atoms with E-state index in [0.717, 1.165) is 36.5 Å². The molecule has 112 valence electrons. The summed E-state index contributed by atoms with van der Waals surface area (Å²) in [7, 11) is 0. The molecule has 0 amide bonds. The summed E-state index contributed by atoms with van der Waals surface area (Å²) in [5.74, 6) is 3.98. The number of aromatic nitrogens is 2. The molecule has 0 unspecified atom stereocenters. The molecule has 4 heteroatoms. The third-order valence-corrected chi connectivity index (χ3v) is 5.15. The quantitative estimate of drug-likeness (QED) is 0.912.